The average molecular weight is 364 g/mol. The molecule has 1 aromatic rings. The van der Waals surface area contributed by atoms with E-state index in [-0.39, 0.29) is 11.5 Å². The number of aliphatic hydroxyl groups is 5. The van der Waals surface area contributed by atoms with Gasteiger partial charge in [-0.1, -0.05) is 29.8 Å². The van der Waals surface area contributed by atoms with Crippen LogP contribution in [0, 0.1) is 5.41 Å². The van der Waals surface area contributed by atoms with Crippen molar-refractivity contribution >= 4 is 5.57 Å². The molecule has 0 atom stereocenters. The van der Waals surface area contributed by atoms with Gasteiger partial charge in [0.15, 0.2) is 0 Å². The van der Waals surface area contributed by atoms with Gasteiger partial charge in [0.05, 0.1) is 31.8 Å². The standard InChI is InChI=1S/C15H16O2.C5H12O4/c1-10(2)11-7-8-15(17)13(9-11)12-5-3-4-6-14(12)16;6-1-5(2-7,3-8)4-9/h3-8,16-17H,9H2,1-2H3;6-9H,1-4H2. The Morgan fingerprint density at radius 1 is 0.885 bits per heavy atom. The Morgan fingerprint density at radius 2 is 1.42 bits per heavy atom. The Morgan fingerprint density at radius 3 is 1.85 bits per heavy atom. The Balaban J connectivity index is 0.000000321. The number of phenols is 1. The van der Waals surface area contributed by atoms with E-state index in [1.165, 1.54) is 11.1 Å². The lowest BCUT2D eigenvalue weighted by Gasteiger charge is -2.23. The average Bonchev–Trinajstić information content (AvgIpc) is 2.65. The highest BCUT2D eigenvalue weighted by Gasteiger charge is 2.26. The van der Waals surface area contributed by atoms with Crippen LogP contribution in [-0.2, 0) is 0 Å². The van der Waals surface area contributed by atoms with Crippen molar-refractivity contribution in [2.75, 3.05) is 26.4 Å². The van der Waals surface area contributed by atoms with Crippen molar-refractivity contribution in [3.63, 3.8) is 0 Å². The number of benzene rings is 1. The van der Waals surface area contributed by atoms with E-state index in [1.54, 1.807) is 18.2 Å². The van der Waals surface area contributed by atoms with Crippen molar-refractivity contribution in [3.8, 4) is 5.75 Å². The molecule has 0 saturated carbocycles. The fourth-order valence-electron chi connectivity index (χ4n) is 2.23. The van der Waals surface area contributed by atoms with Crippen LogP contribution in [-0.4, -0.2) is 57.1 Å². The number of allylic oxidation sites excluding steroid dienone is 5. The van der Waals surface area contributed by atoms with Gasteiger partial charge in [0.2, 0.25) is 0 Å². The predicted octanol–water partition coefficient (Wildman–Crippen LogP) is 1.90. The van der Waals surface area contributed by atoms with Crippen LogP contribution in [0.25, 0.3) is 5.57 Å². The summed E-state index contributed by atoms with van der Waals surface area (Å²) in [7, 11) is 0. The topological polar surface area (TPSA) is 121 Å². The first-order valence-corrected chi connectivity index (χ1v) is 8.32. The SMILES string of the molecule is CC(C)=C1C=CC(O)=C(c2ccccc2O)C1.OCC(CO)(CO)CO. The van der Waals surface area contributed by atoms with Gasteiger partial charge in [0, 0.05) is 17.6 Å². The van der Waals surface area contributed by atoms with Gasteiger partial charge in [-0.2, -0.15) is 0 Å². The summed E-state index contributed by atoms with van der Waals surface area (Å²) in [5.41, 5.74) is 2.78. The van der Waals surface area contributed by atoms with Crippen LogP contribution in [0.1, 0.15) is 25.8 Å². The highest BCUT2D eigenvalue weighted by atomic mass is 16.3. The fourth-order valence-corrected chi connectivity index (χ4v) is 2.23. The van der Waals surface area contributed by atoms with Gasteiger partial charge in [0.1, 0.15) is 11.5 Å². The van der Waals surface area contributed by atoms with E-state index in [9.17, 15) is 10.2 Å². The summed E-state index contributed by atoms with van der Waals surface area (Å²) < 4.78 is 0. The molecule has 1 aromatic carbocycles. The van der Waals surface area contributed by atoms with Gasteiger partial charge >= 0.3 is 0 Å². The molecule has 0 spiro atoms. The quantitative estimate of drug-likeness (QED) is 0.475. The molecule has 0 unspecified atom stereocenters. The smallest absolute Gasteiger partial charge is 0.123 e. The van der Waals surface area contributed by atoms with E-state index in [0.717, 1.165) is 5.57 Å². The highest BCUT2D eigenvalue weighted by molar-refractivity contribution is 5.77. The molecule has 2 rings (SSSR count). The minimum atomic E-state index is -1.11. The zero-order valence-electron chi connectivity index (χ0n) is 15.2. The lowest BCUT2D eigenvalue weighted by molar-refractivity contribution is -0.0328. The van der Waals surface area contributed by atoms with Crippen molar-refractivity contribution < 1.29 is 30.6 Å². The molecule has 26 heavy (non-hydrogen) atoms. The Hall–Kier alpha value is -2.12. The summed E-state index contributed by atoms with van der Waals surface area (Å²) in [6.07, 6.45) is 4.27. The number of hydrogen-bond donors (Lipinski definition) is 6. The molecule has 0 aliphatic heterocycles. The first-order valence-electron chi connectivity index (χ1n) is 8.32. The molecule has 0 heterocycles. The summed E-state index contributed by atoms with van der Waals surface area (Å²) in [4.78, 5) is 0. The molecule has 6 nitrogen and oxygen atoms in total. The van der Waals surface area contributed by atoms with Crippen molar-refractivity contribution in [2.45, 2.75) is 20.3 Å². The summed E-state index contributed by atoms with van der Waals surface area (Å²) >= 11 is 0. The molecule has 1 aliphatic carbocycles. The van der Waals surface area contributed by atoms with E-state index in [0.29, 0.717) is 12.0 Å². The first-order chi connectivity index (χ1) is 12.3. The first kappa shape index (κ1) is 21.9. The van der Waals surface area contributed by atoms with Gasteiger partial charge in [-0.15, -0.1) is 0 Å². The second-order valence-corrected chi connectivity index (χ2v) is 6.55. The molecule has 1 aliphatic rings. The molecule has 0 radical (unpaired) electrons. The molecule has 144 valence electrons. The number of para-hydroxylation sites is 1. The fraction of sp³-hybridized carbons (Fsp3) is 0.400. The molecule has 6 heteroatoms. The zero-order valence-corrected chi connectivity index (χ0v) is 15.2. The zero-order chi connectivity index (χ0) is 19.7. The van der Waals surface area contributed by atoms with E-state index < -0.39 is 31.8 Å². The van der Waals surface area contributed by atoms with Crippen LogP contribution >= 0.6 is 0 Å². The third-order valence-electron chi connectivity index (χ3n) is 4.33. The normalized spacial score (nSPS) is 14.2. The van der Waals surface area contributed by atoms with Crippen molar-refractivity contribution in [3.05, 3.63) is 58.9 Å². The largest absolute Gasteiger partial charge is 0.508 e. The Labute approximate surface area is 153 Å². The summed E-state index contributed by atoms with van der Waals surface area (Å²) in [6, 6.07) is 7.09. The summed E-state index contributed by atoms with van der Waals surface area (Å²) in [5.74, 6) is 0.439. The maximum absolute atomic E-state index is 9.91. The maximum Gasteiger partial charge on any atom is 0.123 e. The van der Waals surface area contributed by atoms with Crippen LogP contribution in [0.3, 0.4) is 0 Å². The van der Waals surface area contributed by atoms with Gasteiger partial charge in [-0.25, -0.2) is 0 Å². The second kappa shape index (κ2) is 10.1. The maximum atomic E-state index is 9.91. The van der Waals surface area contributed by atoms with Crippen LogP contribution in [0.2, 0.25) is 0 Å². The lowest BCUT2D eigenvalue weighted by atomic mass is 9.90. The molecule has 0 aromatic heterocycles. The molecule has 0 saturated heterocycles. The van der Waals surface area contributed by atoms with E-state index >= 15 is 0 Å². The third kappa shape index (κ3) is 5.44. The second-order valence-electron chi connectivity index (χ2n) is 6.55. The van der Waals surface area contributed by atoms with Crippen LogP contribution in [0.4, 0.5) is 0 Å². The van der Waals surface area contributed by atoms with Crippen LogP contribution < -0.4 is 0 Å². The molecular formula is C20H28O6. The van der Waals surface area contributed by atoms with Crippen molar-refractivity contribution in [1.29, 1.82) is 0 Å². The lowest BCUT2D eigenvalue weighted by Crippen LogP contribution is -2.37. The minimum Gasteiger partial charge on any atom is -0.508 e. The van der Waals surface area contributed by atoms with Crippen molar-refractivity contribution in [2.24, 2.45) is 5.41 Å². The van der Waals surface area contributed by atoms with E-state index in [2.05, 4.69) is 0 Å². The Kier molecular flexibility index (Phi) is 8.54. The van der Waals surface area contributed by atoms with Crippen LogP contribution in [0.15, 0.2) is 53.3 Å². The number of aromatic hydroxyl groups is 1. The third-order valence-corrected chi connectivity index (χ3v) is 4.33. The highest BCUT2D eigenvalue weighted by Crippen LogP contribution is 2.35. The molecular weight excluding hydrogens is 336 g/mol. The summed E-state index contributed by atoms with van der Waals surface area (Å²) in [5, 5.41) is 53.7. The van der Waals surface area contributed by atoms with E-state index in [1.807, 2.05) is 32.1 Å². The van der Waals surface area contributed by atoms with Gasteiger partial charge in [-0.3, -0.25) is 0 Å². The molecule has 0 fully saturated rings. The number of rotatable bonds is 5. The minimum absolute atomic E-state index is 0.206. The molecule has 0 bridgehead atoms. The van der Waals surface area contributed by atoms with Crippen LogP contribution in [0.5, 0.6) is 5.75 Å². The predicted molar refractivity (Wildman–Crippen MR) is 101 cm³/mol. The van der Waals surface area contributed by atoms with E-state index in [4.69, 9.17) is 20.4 Å². The van der Waals surface area contributed by atoms with Gasteiger partial charge < -0.3 is 30.6 Å². The summed E-state index contributed by atoms with van der Waals surface area (Å²) in [6.45, 7) is 2.47. The van der Waals surface area contributed by atoms with Gasteiger partial charge in [0.25, 0.3) is 0 Å². The van der Waals surface area contributed by atoms with Gasteiger partial charge in [-0.05, 0) is 31.6 Å². The molecule has 6 N–H and O–H groups in total. The Bertz CT molecular complexity index is 662. The number of hydrogen-bond acceptors (Lipinski definition) is 6. The van der Waals surface area contributed by atoms with Crippen molar-refractivity contribution in [1.82, 2.24) is 0 Å². The number of phenolic OH excluding ortho intramolecular Hbond substituents is 1. The monoisotopic (exact) mass is 364 g/mol. The molecule has 0 amide bonds. The number of aliphatic hydroxyl groups excluding tert-OH is 5.